The van der Waals surface area contributed by atoms with Crippen LogP contribution in [0, 0.1) is 11.8 Å². The number of hydrogen-bond acceptors (Lipinski definition) is 0. The van der Waals surface area contributed by atoms with Gasteiger partial charge < -0.3 is 0 Å². The van der Waals surface area contributed by atoms with Gasteiger partial charge in [-0.3, -0.25) is 0 Å². The van der Waals surface area contributed by atoms with Crippen molar-refractivity contribution in [1.29, 1.82) is 0 Å². The third-order valence-electron chi connectivity index (χ3n) is 1.95. The molecule has 0 fully saturated rings. The number of halogens is 1. The van der Waals surface area contributed by atoms with Crippen molar-refractivity contribution < 1.29 is 0 Å². The summed E-state index contributed by atoms with van der Waals surface area (Å²) in [7, 11) is 0. The van der Waals surface area contributed by atoms with Crippen molar-refractivity contribution in [3.05, 3.63) is 58.1 Å². The minimum Gasteiger partial charge on any atom is -0.0795 e. The van der Waals surface area contributed by atoms with Crippen LogP contribution in [0.5, 0.6) is 0 Å². The van der Waals surface area contributed by atoms with E-state index in [1.807, 2.05) is 24.3 Å². The molecule has 0 bridgehead atoms. The van der Waals surface area contributed by atoms with Crippen molar-refractivity contribution in [2.75, 3.05) is 0 Å². The van der Waals surface area contributed by atoms with E-state index in [1.54, 1.807) is 0 Å². The highest BCUT2D eigenvalue weighted by molar-refractivity contribution is 9.10. The fourth-order valence-electron chi connectivity index (χ4n) is 1.26. The van der Waals surface area contributed by atoms with Crippen LogP contribution in [-0.2, 0) is 0 Å². The van der Waals surface area contributed by atoms with Crippen molar-refractivity contribution in [1.82, 2.24) is 0 Å². The molecule has 1 aromatic rings. The van der Waals surface area contributed by atoms with Crippen LogP contribution in [0.15, 0.2) is 52.5 Å². The van der Waals surface area contributed by atoms with Crippen LogP contribution in [-0.4, -0.2) is 0 Å². The van der Waals surface area contributed by atoms with Gasteiger partial charge in [0.15, 0.2) is 0 Å². The van der Waals surface area contributed by atoms with Crippen LogP contribution in [0.2, 0.25) is 0 Å². The molecule has 0 spiro atoms. The van der Waals surface area contributed by atoms with Gasteiger partial charge in [0.25, 0.3) is 0 Å². The molecule has 1 aliphatic rings. The fraction of sp³-hybridized carbons (Fsp3) is 0.0769. The minimum absolute atomic E-state index is 1.02. The molecular weight excluding hydrogens is 236 g/mol. The summed E-state index contributed by atoms with van der Waals surface area (Å²) in [6, 6.07) is 8.02. The van der Waals surface area contributed by atoms with E-state index < -0.39 is 0 Å². The molecule has 68 valence electrons. The molecule has 0 atom stereocenters. The third-order valence-corrected chi connectivity index (χ3v) is 2.44. The van der Waals surface area contributed by atoms with Crippen LogP contribution in [0.1, 0.15) is 12.0 Å². The van der Waals surface area contributed by atoms with Crippen molar-refractivity contribution in [2.45, 2.75) is 6.42 Å². The highest BCUT2D eigenvalue weighted by Gasteiger charge is 1.92. The van der Waals surface area contributed by atoms with E-state index in [0.29, 0.717) is 0 Å². The van der Waals surface area contributed by atoms with E-state index in [0.717, 1.165) is 22.0 Å². The Bertz CT molecular complexity index is 456. The van der Waals surface area contributed by atoms with E-state index in [4.69, 9.17) is 0 Å². The predicted octanol–water partition coefficient (Wildman–Crippen LogP) is 3.69. The SMILES string of the molecule is Brc1cccc(C#CC2=CCC=C2)c1. The summed E-state index contributed by atoms with van der Waals surface area (Å²) >= 11 is 3.42. The van der Waals surface area contributed by atoms with Crippen LogP contribution >= 0.6 is 15.9 Å². The number of allylic oxidation sites excluding steroid dienone is 4. The summed E-state index contributed by atoms with van der Waals surface area (Å²) in [6.07, 6.45) is 7.32. The first-order valence-electron chi connectivity index (χ1n) is 4.49. The van der Waals surface area contributed by atoms with Crippen LogP contribution in [0.4, 0.5) is 0 Å². The molecule has 0 N–H and O–H groups in total. The highest BCUT2D eigenvalue weighted by atomic mass is 79.9. The second-order valence-electron chi connectivity index (χ2n) is 3.06. The predicted molar refractivity (Wildman–Crippen MR) is 62.9 cm³/mol. The topological polar surface area (TPSA) is 0 Å². The van der Waals surface area contributed by atoms with Gasteiger partial charge in [0, 0.05) is 15.6 Å². The van der Waals surface area contributed by atoms with Crippen molar-refractivity contribution in [3.63, 3.8) is 0 Å². The summed E-state index contributed by atoms with van der Waals surface area (Å²) in [5.41, 5.74) is 2.16. The number of hydrogen-bond donors (Lipinski definition) is 0. The summed E-state index contributed by atoms with van der Waals surface area (Å²) in [5.74, 6) is 6.26. The van der Waals surface area contributed by atoms with Crippen molar-refractivity contribution in [3.8, 4) is 11.8 Å². The largest absolute Gasteiger partial charge is 0.0795 e. The van der Waals surface area contributed by atoms with Gasteiger partial charge in [-0.2, -0.15) is 0 Å². The Balaban J connectivity index is 2.21. The molecule has 0 nitrogen and oxygen atoms in total. The fourth-order valence-corrected chi connectivity index (χ4v) is 1.66. The number of rotatable bonds is 0. The van der Waals surface area contributed by atoms with Crippen molar-refractivity contribution in [2.24, 2.45) is 0 Å². The van der Waals surface area contributed by atoms with Crippen molar-refractivity contribution >= 4 is 15.9 Å². The third kappa shape index (κ3) is 2.37. The molecule has 1 aromatic carbocycles. The monoisotopic (exact) mass is 244 g/mol. The Labute approximate surface area is 92.5 Å². The lowest BCUT2D eigenvalue weighted by molar-refractivity contribution is 1.44. The van der Waals surface area contributed by atoms with Crippen LogP contribution in [0.25, 0.3) is 0 Å². The van der Waals surface area contributed by atoms with E-state index >= 15 is 0 Å². The second-order valence-corrected chi connectivity index (χ2v) is 3.97. The Kier molecular flexibility index (Phi) is 2.86. The molecule has 0 saturated carbocycles. The van der Waals surface area contributed by atoms with E-state index in [2.05, 4.69) is 46.0 Å². The zero-order valence-electron chi connectivity index (χ0n) is 7.63. The summed E-state index contributed by atoms with van der Waals surface area (Å²) in [5, 5.41) is 0. The minimum atomic E-state index is 1.02. The van der Waals surface area contributed by atoms with Gasteiger partial charge in [-0.15, -0.1) is 0 Å². The molecule has 0 radical (unpaired) electrons. The van der Waals surface area contributed by atoms with Crippen LogP contribution < -0.4 is 0 Å². The van der Waals surface area contributed by atoms with Gasteiger partial charge in [-0.05, 0) is 24.6 Å². The maximum atomic E-state index is 3.42. The molecular formula is C13H9Br. The molecule has 14 heavy (non-hydrogen) atoms. The Morgan fingerprint density at radius 2 is 2.14 bits per heavy atom. The molecule has 0 amide bonds. The van der Waals surface area contributed by atoms with Gasteiger partial charge in [-0.25, -0.2) is 0 Å². The molecule has 0 unspecified atom stereocenters. The maximum Gasteiger partial charge on any atom is 0.0260 e. The van der Waals surface area contributed by atoms with E-state index in [1.165, 1.54) is 0 Å². The van der Waals surface area contributed by atoms with Gasteiger partial charge in [0.1, 0.15) is 0 Å². The zero-order chi connectivity index (χ0) is 9.80. The first-order chi connectivity index (χ1) is 6.84. The molecule has 2 rings (SSSR count). The van der Waals surface area contributed by atoms with Gasteiger partial charge >= 0.3 is 0 Å². The molecule has 0 aliphatic heterocycles. The lowest BCUT2D eigenvalue weighted by atomic mass is 10.2. The van der Waals surface area contributed by atoms with Gasteiger partial charge in [0.05, 0.1) is 0 Å². The lowest BCUT2D eigenvalue weighted by Crippen LogP contribution is -1.74. The van der Waals surface area contributed by atoms with Crippen LogP contribution in [0.3, 0.4) is 0 Å². The van der Waals surface area contributed by atoms with Gasteiger partial charge in [0.2, 0.25) is 0 Å². The quantitative estimate of drug-likeness (QED) is 0.611. The summed E-state index contributed by atoms with van der Waals surface area (Å²) < 4.78 is 1.07. The van der Waals surface area contributed by atoms with E-state index in [9.17, 15) is 0 Å². The second kappa shape index (κ2) is 4.30. The maximum absolute atomic E-state index is 3.42. The first kappa shape index (κ1) is 9.30. The zero-order valence-corrected chi connectivity index (χ0v) is 9.21. The smallest absolute Gasteiger partial charge is 0.0260 e. The van der Waals surface area contributed by atoms with Gasteiger partial charge in [-0.1, -0.05) is 52.1 Å². The number of benzene rings is 1. The normalized spacial score (nSPS) is 13.4. The Morgan fingerprint density at radius 1 is 1.21 bits per heavy atom. The standard InChI is InChI=1S/C13H9Br/c14-13-7-3-6-12(10-13)9-8-11-4-1-2-5-11/h1,3-7,10H,2H2. The molecule has 1 aliphatic carbocycles. The summed E-state index contributed by atoms with van der Waals surface area (Å²) in [6.45, 7) is 0. The highest BCUT2D eigenvalue weighted by Crippen LogP contribution is 2.11. The molecule has 0 aromatic heterocycles. The molecule has 1 heteroatoms. The average Bonchev–Trinajstić information content (AvgIpc) is 2.67. The Morgan fingerprint density at radius 3 is 2.86 bits per heavy atom. The Hall–Kier alpha value is -1.26. The first-order valence-corrected chi connectivity index (χ1v) is 5.28. The van der Waals surface area contributed by atoms with E-state index in [-0.39, 0.29) is 0 Å². The average molecular weight is 245 g/mol. The molecule has 0 heterocycles. The summed E-state index contributed by atoms with van der Waals surface area (Å²) in [4.78, 5) is 0. The molecule has 0 saturated heterocycles. The lowest BCUT2D eigenvalue weighted by Gasteiger charge is -1.90.